The number of hydrogen-bond donors (Lipinski definition) is 0. The van der Waals surface area contributed by atoms with Gasteiger partial charge in [0, 0.05) is 0 Å². The summed E-state index contributed by atoms with van der Waals surface area (Å²) in [5.41, 5.74) is 0. The minimum atomic E-state index is 0.0227. The van der Waals surface area contributed by atoms with Crippen molar-refractivity contribution in [3.8, 4) is 0 Å². The van der Waals surface area contributed by atoms with Gasteiger partial charge in [-0.1, -0.05) is 0 Å². The molecule has 0 saturated carbocycles. The van der Waals surface area contributed by atoms with E-state index in [0.29, 0.717) is 0 Å². The molecule has 0 rings (SSSR count). The Kier molecular flexibility index (Phi) is 8.19. The molecular weight excluding hydrogens is 294 g/mol. The van der Waals surface area contributed by atoms with E-state index in [1.807, 2.05) is 0 Å². The van der Waals surface area contributed by atoms with Crippen LogP contribution in [0.25, 0.3) is 0 Å². The zero-order valence-electron chi connectivity index (χ0n) is 4.08. The summed E-state index contributed by atoms with van der Waals surface area (Å²) in [6.45, 7) is 2.26. The molecular formula is C4H10ISn. The normalized spacial score (nSPS) is 9.00. The van der Waals surface area contributed by atoms with E-state index in [1.54, 1.807) is 4.44 Å². The van der Waals surface area contributed by atoms with Gasteiger partial charge >= 0.3 is 60.0 Å². The second kappa shape index (κ2) is 6.53. The quantitative estimate of drug-likeness (QED) is 0.425. The van der Waals surface area contributed by atoms with E-state index in [-0.39, 0.29) is 17.2 Å². The summed E-state index contributed by atoms with van der Waals surface area (Å²) in [7, 11) is 0. The van der Waals surface area contributed by atoms with Gasteiger partial charge in [0.1, 0.15) is 0 Å². The number of unbranched alkanes of at least 4 members (excludes halogenated alkanes) is 1. The van der Waals surface area contributed by atoms with Crippen molar-refractivity contribution in [3.05, 3.63) is 0 Å². The van der Waals surface area contributed by atoms with Crippen LogP contribution in [-0.4, -0.2) is 17.2 Å². The van der Waals surface area contributed by atoms with Crippen LogP contribution < -0.4 is 0 Å². The molecule has 0 bridgehead atoms. The van der Waals surface area contributed by atoms with Crippen molar-refractivity contribution in [1.29, 1.82) is 0 Å². The summed E-state index contributed by atoms with van der Waals surface area (Å²) in [6.07, 6.45) is 2.89. The van der Waals surface area contributed by atoms with Crippen LogP contribution in [0.1, 0.15) is 19.8 Å². The van der Waals surface area contributed by atoms with Gasteiger partial charge in [0.2, 0.25) is 0 Å². The molecule has 0 fully saturated rings. The van der Waals surface area contributed by atoms with Gasteiger partial charge in [-0.25, -0.2) is 0 Å². The topological polar surface area (TPSA) is 0 Å². The maximum atomic E-state index is 2.60. The van der Waals surface area contributed by atoms with Crippen molar-refractivity contribution in [3.63, 3.8) is 0 Å². The third-order valence-electron chi connectivity index (χ3n) is 0.667. The molecule has 0 aliphatic carbocycles. The number of halogens is 1. The van der Waals surface area contributed by atoms with E-state index in [1.165, 1.54) is 12.8 Å². The van der Waals surface area contributed by atoms with Gasteiger partial charge in [-0.05, 0) is 0 Å². The van der Waals surface area contributed by atoms with Crippen molar-refractivity contribution in [2.45, 2.75) is 24.2 Å². The molecule has 0 aliphatic heterocycles. The summed E-state index contributed by atoms with van der Waals surface area (Å²) in [5.74, 6) is 0. The molecule has 6 heavy (non-hydrogen) atoms. The molecule has 0 aliphatic rings. The molecule has 0 saturated heterocycles. The van der Waals surface area contributed by atoms with Crippen LogP contribution in [0.5, 0.6) is 0 Å². The van der Waals surface area contributed by atoms with Crippen LogP contribution in [0.4, 0.5) is 0 Å². The van der Waals surface area contributed by atoms with Gasteiger partial charge in [0.25, 0.3) is 0 Å². The standard InChI is InChI=1S/C4H9.HI.Sn.H/c1-3-4-2;;;/h1,3-4H2,2H3;1H;;/q;;+1;/p-1. The Hall–Kier alpha value is 1.53. The number of hydrogen-bond acceptors (Lipinski definition) is 0. The molecule has 0 aromatic heterocycles. The van der Waals surface area contributed by atoms with Gasteiger partial charge in [0.15, 0.2) is 0 Å². The van der Waals surface area contributed by atoms with Gasteiger partial charge < -0.3 is 0 Å². The molecule has 0 atom stereocenters. The molecule has 0 N–H and O–H groups in total. The second-order valence-corrected chi connectivity index (χ2v) is 9.73. The Morgan fingerprint density at radius 3 is 2.50 bits per heavy atom. The summed E-state index contributed by atoms with van der Waals surface area (Å²) >= 11 is 2.62. The zero-order valence-corrected chi connectivity index (χ0v) is 9.53. The average molecular weight is 304 g/mol. The summed E-state index contributed by atoms with van der Waals surface area (Å²) in [6, 6.07) is 0. The van der Waals surface area contributed by atoms with Gasteiger partial charge in [-0.2, -0.15) is 0 Å². The van der Waals surface area contributed by atoms with Crippen LogP contribution in [-0.2, 0) is 0 Å². The van der Waals surface area contributed by atoms with Crippen LogP contribution in [0.3, 0.4) is 0 Å². The first kappa shape index (κ1) is 7.53. The average Bonchev–Trinajstić information content (AvgIpc) is 1.61. The fourth-order valence-corrected chi connectivity index (χ4v) is 4.84. The third-order valence-corrected chi connectivity index (χ3v) is 6.63. The molecule has 2 heteroatoms. The van der Waals surface area contributed by atoms with Gasteiger partial charge in [0.05, 0.1) is 0 Å². The van der Waals surface area contributed by atoms with Crippen molar-refractivity contribution < 1.29 is 0 Å². The van der Waals surface area contributed by atoms with Crippen LogP contribution in [0.2, 0.25) is 4.44 Å². The Morgan fingerprint density at radius 2 is 2.33 bits per heavy atom. The van der Waals surface area contributed by atoms with E-state index >= 15 is 0 Å². The molecule has 0 aromatic rings. The minimum absolute atomic E-state index is 0.0227. The molecule has 0 aromatic carbocycles. The third kappa shape index (κ3) is 5.53. The fourth-order valence-electron chi connectivity index (χ4n) is 0.281. The van der Waals surface area contributed by atoms with E-state index in [0.717, 1.165) is 0 Å². The predicted molar refractivity (Wildman–Crippen MR) is 40.9 cm³/mol. The van der Waals surface area contributed by atoms with Crippen molar-refractivity contribution >= 4 is 35.8 Å². The number of rotatable bonds is 3. The SMILES string of the molecule is CCC[CH2][SnH][I]. The maximum absolute atomic E-state index is 2.60. The first-order chi connectivity index (χ1) is 2.91. The Labute approximate surface area is 59.5 Å². The van der Waals surface area contributed by atoms with Crippen LogP contribution in [0, 0.1) is 0 Å². The van der Waals surface area contributed by atoms with Crippen molar-refractivity contribution in [2.75, 3.05) is 0 Å². The Morgan fingerprint density at radius 1 is 1.67 bits per heavy atom. The van der Waals surface area contributed by atoms with Gasteiger partial charge in [-0.3, -0.25) is 0 Å². The zero-order chi connectivity index (χ0) is 4.83. The monoisotopic (exact) mass is 305 g/mol. The van der Waals surface area contributed by atoms with Crippen molar-refractivity contribution in [1.82, 2.24) is 0 Å². The predicted octanol–water partition coefficient (Wildman–Crippen LogP) is 1.99. The molecule has 37 valence electrons. The van der Waals surface area contributed by atoms with E-state index in [2.05, 4.69) is 25.6 Å². The summed E-state index contributed by atoms with van der Waals surface area (Å²) in [4.78, 5) is 0. The molecule has 0 amide bonds. The Bertz CT molecular complexity index is 19.5. The first-order valence-corrected chi connectivity index (χ1v) is 14.3. The molecule has 0 nitrogen and oxygen atoms in total. The van der Waals surface area contributed by atoms with E-state index in [9.17, 15) is 0 Å². The molecule has 0 heterocycles. The molecule has 1 radical (unpaired) electrons. The fraction of sp³-hybridized carbons (Fsp3) is 1.00. The van der Waals surface area contributed by atoms with Crippen LogP contribution in [0.15, 0.2) is 0 Å². The summed E-state index contributed by atoms with van der Waals surface area (Å²) < 4.78 is 1.59. The Balaban J connectivity index is 2.34. The summed E-state index contributed by atoms with van der Waals surface area (Å²) in [5, 5.41) is 0. The van der Waals surface area contributed by atoms with Crippen molar-refractivity contribution in [2.24, 2.45) is 0 Å². The second-order valence-electron chi connectivity index (χ2n) is 1.30. The van der Waals surface area contributed by atoms with Gasteiger partial charge in [-0.15, -0.1) is 0 Å². The van der Waals surface area contributed by atoms with Crippen LogP contribution >= 0.6 is 18.6 Å². The first-order valence-electron chi connectivity index (χ1n) is 2.33. The molecule has 0 spiro atoms. The van der Waals surface area contributed by atoms with E-state index < -0.39 is 0 Å². The molecule has 0 unspecified atom stereocenters. The van der Waals surface area contributed by atoms with E-state index in [4.69, 9.17) is 0 Å².